The summed E-state index contributed by atoms with van der Waals surface area (Å²) in [5, 5.41) is 9.82. The van der Waals surface area contributed by atoms with Gasteiger partial charge in [0.1, 0.15) is 0 Å². The van der Waals surface area contributed by atoms with Crippen molar-refractivity contribution in [1.82, 2.24) is 9.55 Å². The van der Waals surface area contributed by atoms with Gasteiger partial charge < -0.3 is 5.11 Å². The van der Waals surface area contributed by atoms with E-state index in [1.54, 1.807) is 19.1 Å². The van der Waals surface area contributed by atoms with Crippen LogP contribution in [0.2, 0.25) is 0 Å². The zero-order valence-corrected chi connectivity index (χ0v) is 10.3. The summed E-state index contributed by atoms with van der Waals surface area (Å²) >= 11 is 3.33. The molecule has 1 aromatic heterocycles. The third kappa shape index (κ3) is 2.01. The Balaban J connectivity index is 2.69. The van der Waals surface area contributed by atoms with Crippen LogP contribution in [0.4, 0.5) is 0 Å². The van der Waals surface area contributed by atoms with Crippen molar-refractivity contribution < 1.29 is 5.11 Å². The molecule has 0 amide bonds. The van der Waals surface area contributed by atoms with Gasteiger partial charge in [0.25, 0.3) is 5.56 Å². The summed E-state index contributed by atoms with van der Waals surface area (Å²) in [6.07, 6.45) is 0.892. The molecule has 0 spiro atoms. The van der Waals surface area contributed by atoms with Gasteiger partial charge in [-0.3, -0.25) is 9.36 Å². The smallest absolute Gasteiger partial charge is 0.262 e. The molecule has 0 fully saturated rings. The number of aliphatic hydroxyl groups excluding tert-OH is 1. The normalized spacial score (nSPS) is 12.9. The molecular formula is C11H11BrN2O2. The first-order valence-electron chi connectivity index (χ1n) is 4.91. The lowest BCUT2D eigenvalue weighted by Gasteiger charge is -2.08. The minimum absolute atomic E-state index is 0.140. The van der Waals surface area contributed by atoms with Crippen molar-refractivity contribution in [3.05, 3.63) is 39.4 Å². The Kier molecular flexibility index (Phi) is 3.07. The summed E-state index contributed by atoms with van der Waals surface area (Å²) in [4.78, 5) is 16.2. The third-order valence-corrected chi connectivity index (χ3v) is 2.92. The Hall–Kier alpha value is -1.20. The van der Waals surface area contributed by atoms with Crippen LogP contribution in [0.3, 0.4) is 0 Å². The van der Waals surface area contributed by atoms with Crippen LogP contribution in [0.1, 0.15) is 6.92 Å². The average molecular weight is 283 g/mol. The highest BCUT2D eigenvalue weighted by molar-refractivity contribution is 9.10. The Morgan fingerprint density at radius 1 is 1.56 bits per heavy atom. The third-order valence-electron chi connectivity index (χ3n) is 2.26. The van der Waals surface area contributed by atoms with Crippen molar-refractivity contribution in [1.29, 1.82) is 0 Å². The predicted molar refractivity (Wildman–Crippen MR) is 65.4 cm³/mol. The fourth-order valence-corrected chi connectivity index (χ4v) is 2.10. The van der Waals surface area contributed by atoms with Crippen LogP contribution in [-0.4, -0.2) is 20.8 Å². The largest absolute Gasteiger partial charge is 0.392 e. The van der Waals surface area contributed by atoms with Crippen molar-refractivity contribution in [2.45, 2.75) is 19.6 Å². The molecule has 1 N–H and O–H groups in total. The van der Waals surface area contributed by atoms with E-state index < -0.39 is 6.10 Å². The van der Waals surface area contributed by atoms with Gasteiger partial charge in [0, 0.05) is 4.47 Å². The summed E-state index contributed by atoms with van der Waals surface area (Å²) in [5.41, 5.74) is 0.514. The first-order valence-corrected chi connectivity index (χ1v) is 5.70. The van der Waals surface area contributed by atoms with E-state index in [1.165, 1.54) is 10.9 Å². The van der Waals surface area contributed by atoms with Crippen LogP contribution in [0.25, 0.3) is 10.9 Å². The van der Waals surface area contributed by atoms with Crippen molar-refractivity contribution in [2.24, 2.45) is 0 Å². The molecular weight excluding hydrogens is 272 g/mol. The molecule has 0 bridgehead atoms. The van der Waals surface area contributed by atoms with Crippen LogP contribution in [0, 0.1) is 0 Å². The Morgan fingerprint density at radius 3 is 3.00 bits per heavy atom. The van der Waals surface area contributed by atoms with Gasteiger partial charge in [0.2, 0.25) is 0 Å². The molecule has 4 nitrogen and oxygen atoms in total. The second kappa shape index (κ2) is 4.35. The number of aromatic nitrogens is 2. The number of halogens is 1. The van der Waals surface area contributed by atoms with Gasteiger partial charge in [-0.05, 0) is 35.0 Å². The van der Waals surface area contributed by atoms with E-state index >= 15 is 0 Å². The molecule has 0 saturated carbocycles. The number of rotatable bonds is 2. The van der Waals surface area contributed by atoms with Gasteiger partial charge in [-0.15, -0.1) is 0 Å². The Labute approximate surface area is 101 Å². The van der Waals surface area contributed by atoms with Gasteiger partial charge in [-0.2, -0.15) is 0 Å². The van der Waals surface area contributed by atoms with Crippen LogP contribution in [0.5, 0.6) is 0 Å². The lowest BCUT2D eigenvalue weighted by Crippen LogP contribution is -2.25. The van der Waals surface area contributed by atoms with E-state index in [0.29, 0.717) is 10.9 Å². The maximum atomic E-state index is 12.1. The average Bonchev–Trinajstić information content (AvgIpc) is 2.22. The lowest BCUT2D eigenvalue weighted by molar-refractivity contribution is 0.172. The summed E-state index contributed by atoms with van der Waals surface area (Å²) < 4.78 is 2.14. The van der Waals surface area contributed by atoms with Crippen LogP contribution >= 0.6 is 15.9 Å². The monoisotopic (exact) mass is 282 g/mol. The first kappa shape index (κ1) is 11.3. The van der Waals surface area contributed by atoms with Crippen LogP contribution in [-0.2, 0) is 6.54 Å². The summed E-state index contributed by atoms with van der Waals surface area (Å²) in [6.45, 7) is 1.89. The van der Waals surface area contributed by atoms with E-state index in [9.17, 15) is 9.90 Å². The first-order chi connectivity index (χ1) is 7.59. The van der Waals surface area contributed by atoms with Crippen molar-refractivity contribution in [2.75, 3.05) is 0 Å². The highest BCUT2D eigenvalue weighted by Crippen LogP contribution is 2.18. The fourth-order valence-electron chi connectivity index (χ4n) is 1.57. The lowest BCUT2D eigenvalue weighted by atomic mass is 10.2. The molecule has 0 aliphatic carbocycles. The second-order valence-electron chi connectivity index (χ2n) is 3.69. The van der Waals surface area contributed by atoms with Gasteiger partial charge in [-0.1, -0.05) is 6.07 Å². The number of hydrogen-bond donors (Lipinski definition) is 1. The molecule has 1 aromatic carbocycles. The number of fused-ring (bicyclic) bond motifs is 1. The van der Waals surface area contributed by atoms with Crippen molar-refractivity contribution in [3.8, 4) is 0 Å². The number of benzene rings is 1. The molecule has 16 heavy (non-hydrogen) atoms. The van der Waals surface area contributed by atoms with E-state index in [1.807, 2.05) is 6.07 Å². The zero-order valence-electron chi connectivity index (χ0n) is 8.72. The fraction of sp³-hybridized carbons (Fsp3) is 0.273. The van der Waals surface area contributed by atoms with Gasteiger partial charge in [0.05, 0.1) is 29.9 Å². The van der Waals surface area contributed by atoms with Crippen LogP contribution < -0.4 is 5.56 Å². The highest BCUT2D eigenvalue weighted by Gasteiger charge is 2.08. The van der Waals surface area contributed by atoms with E-state index in [2.05, 4.69) is 20.9 Å². The topological polar surface area (TPSA) is 55.1 Å². The number of hydrogen-bond acceptors (Lipinski definition) is 3. The number of nitrogens with zero attached hydrogens (tertiary/aromatic N) is 2. The predicted octanol–water partition coefficient (Wildman–Crippen LogP) is 1.54. The molecule has 0 aliphatic heterocycles. The van der Waals surface area contributed by atoms with Crippen molar-refractivity contribution >= 4 is 26.8 Å². The highest BCUT2D eigenvalue weighted by atomic mass is 79.9. The Bertz CT molecular complexity index is 578. The van der Waals surface area contributed by atoms with Crippen molar-refractivity contribution in [3.63, 3.8) is 0 Å². The molecule has 1 unspecified atom stereocenters. The maximum absolute atomic E-state index is 12.1. The standard InChI is InChI=1S/C11H11BrN2O2/c1-7(15)5-14-6-13-9-4-2-3-8(12)10(9)11(14)16/h2-4,6-7,15H,5H2,1H3. The zero-order chi connectivity index (χ0) is 11.7. The minimum atomic E-state index is -0.570. The molecule has 2 aromatic rings. The molecule has 1 atom stereocenters. The molecule has 0 aliphatic rings. The molecule has 0 radical (unpaired) electrons. The van der Waals surface area contributed by atoms with Gasteiger partial charge in [-0.25, -0.2) is 4.98 Å². The summed E-state index contributed by atoms with van der Waals surface area (Å²) in [6, 6.07) is 5.42. The van der Waals surface area contributed by atoms with Crippen LogP contribution in [0.15, 0.2) is 33.8 Å². The Morgan fingerprint density at radius 2 is 2.31 bits per heavy atom. The summed E-state index contributed by atoms with van der Waals surface area (Å²) in [7, 11) is 0. The SMILES string of the molecule is CC(O)Cn1cnc2cccc(Br)c2c1=O. The molecule has 1 heterocycles. The minimum Gasteiger partial charge on any atom is -0.392 e. The summed E-state index contributed by atoms with van der Waals surface area (Å²) in [5.74, 6) is 0. The van der Waals surface area contributed by atoms with Gasteiger partial charge >= 0.3 is 0 Å². The maximum Gasteiger partial charge on any atom is 0.262 e. The molecule has 2 rings (SSSR count). The molecule has 84 valence electrons. The van der Waals surface area contributed by atoms with E-state index in [0.717, 1.165) is 4.47 Å². The second-order valence-corrected chi connectivity index (χ2v) is 4.54. The quantitative estimate of drug-likeness (QED) is 0.909. The molecule has 0 saturated heterocycles. The van der Waals surface area contributed by atoms with Gasteiger partial charge in [0.15, 0.2) is 0 Å². The molecule has 5 heteroatoms. The van der Waals surface area contributed by atoms with E-state index in [4.69, 9.17) is 0 Å². The van der Waals surface area contributed by atoms with E-state index in [-0.39, 0.29) is 12.1 Å². The number of aliphatic hydroxyl groups is 1.